The predicted octanol–water partition coefficient (Wildman–Crippen LogP) is 5.04. The van der Waals surface area contributed by atoms with Gasteiger partial charge in [-0.15, -0.1) is 0 Å². The van der Waals surface area contributed by atoms with Crippen molar-refractivity contribution < 1.29 is 4.79 Å². The third-order valence-corrected chi connectivity index (χ3v) is 6.25. The van der Waals surface area contributed by atoms with Crippen molar-refractivity contribution in [3.63, 3.8) is 0 Å². The van der Waals surface area contributed by atoms with E-state index in [0.29, 0.717) is 18.4 Å². The molecule has 0 atom stereocenters. The summed E-state index contributed by atoms with van der Waals surface area (Å²) >= 11 is 0. The Morgan fingerprint density at radius 2 is 1.77 bits per heavy atom. The number of nitrogens with zero attached hydrogens (tertiary/aromatic N) is 4. The number of aryl methyl sites for hydroxylation is 1. The fourth-order valence-corrected chi connectivity index (χ4v) is 4.19. The number of aromatic nitrogens is 3. The van der Waals surface area contributed by atoms with Crippen LogP contribution in [0, 0.1) is 6.92 Å². The number of benzene rings is 2. The van der Waals surface area contributed by atoms with Crippen LogP contribution in [0.25, 0.3) is 10.8 Å². The Morgan fingerprint density at radius 3 is 2.40 bits per heavy atom. The summed E-state index contributed by atoms with van der Waals surface area (Å²) in [6.45, 7) is 10.7. The molecule has 2 aromatic carbocycles. The van der Waals surface area contributed by atoms with Crippen LogP contribution in [-0.2, 0) is 23.2 Å². The monoisotopic (exact) mass is 468 g/mol. The molecule has 180 valence electrons. The number of carbonyl (C=O) groups is 1. The molecule has 4 aromatic rings. The molecule has 1 amide bonds. The number of amides is 1. The summed E-state index contributed by atoms with van der Waals surface area (Å²) in [7, 11) is 0. The first-order valence-electron chi connectivity index (χ1n) is 12.0. The summed E-state index contributed by atoms with van der Waals surface area (Å²) in [4.78, 5) is 32.6. The topological polar surface area (TPSA) is 68.1 Å². The summed E-state index contributed by atoms with van der Waals surface area (Å²) in [6, 6.07) is 17.6. The number of pyridine rings is 1. The lowest BCUT2D eigenvalue weighted by atomic mass is 9.85. The summed E-state index contributed by atoms with van der Waals surface area (Å²) in [5, 5.41) is 6.10. The van der Waals surface area contributed by atoms with E-state index in [4.69, 9.17) is 5.10 Å². The Labute approximate surface area is 206 Å². The van der Waals surface area contributed by atoms with E-state index in [0.717, 1.165) is 33.5 Å². The summed E-state index contributed by atoms with van der Waals surface area (Å²) < 4.78 is 1.31. The number of hydrogen-bond donors (Lipinski definition) is 0. The number of fused-ring (bicyclic) bond motifs is 1. The van der Waals surface area contributed by atoms with Gasteiger partial charge in [0.1, 0.15) is 6.54 Å². The highest BCUT2D eigenvalue weighted by Crippen LogP contribution is 2.27. The minimum atomic E-state index is -0.260. The molecule has 0 spiro atoms. The van der Waals surface area contributed by atoms with E-state index in [1.807, 2.05) is 62.4 Å². The Morgan fingerprint density at radius 1 is 1.03 bits per heavy atom. The van der Waals surface area contributed by atoms with Gasteiger partial charge in [0.15, 0.2) is 0 Å². The van der Waals surface area contributed by atoms with Gasteiger partial charge >= 0.3 is 0 Å². The van der Waals surface area contributed by atoms with Crippen LogP contribution in [0.3, 0.4) is 0 Å². The van der Waals surface area contributed by atoms with Gasteiger partial charge in [0.25, 0.3) is 5.56 Å². The highest BCUT2D eigenvalue weighted by atomic mass is 16.2. The second kappa shape index (κ2) is 9.82. The van der Waals surface area contributed by atoms with Crippen LogP contribution >= 0.6 is 0 Å². The molecular weight excluding hydrogens is 436 g/mol. The summed E-state index contributed by atoms with van der Waals surface area (Å²) in [5.41, 5.74) is 4.48. The molecule has 0 unspecified atom stereocenters. The van der Waals surface area contributed by atoms with Crippen molar-refractivity contribution in [1.29, 1.82) is 0 Å². The molecule has 0 bridgehead atoms. The standard InChI is InChI=1S/C29H32N4O2/c1-6-32(23-12-9-20(2)10-13-23)27(34)19-33-28(35)24-14-11-22(29(3,4)5)17-25(24)26(31-33)16-21-8-7-15-30-18-21/h7-15,17-18H,6,16,19H2,1-5H3. The van der Waals surface area contributed by atoms with Crippen molar-refractivity contribution in [2.24, 2.45) is 0 Å². The van der Waals surface area contributed by atoms with Gasteiger partial charge in [-0.1, -0.05) is 50.6 Å². The van der Waals surface area contributed by atoms with Crippen molar-refractivity contribution in [1.82, 2.24) is 14.8 Å². The molecule has 6 nitrogen and oxygen atoms in total. The first-order valence-corrected chi connectivity index (χ1v) is 12.0. The highest BCUT2D eigenvalue weighted by Gasteiger charge is 2.20. The van der Waals surface area contributed by atoms with Crippen molar-refractivity contribution in [3.8, 4) is 0 Å². The van der Waals surface area contributed by atoms with Crippen LogP contribution < -0.4 is 10.5 Å². The summed E-state index contributed by atoms with van der Waals surface area (Å²) in [5.74, 6) is -0.177. The lowest BCUT2D eigenvalue weighted by molar-refractivity contribution is -0.119. The quantitative estimate of drug-likeness (QED) is 0.398. The maximum absolute atomic E-state index is 13.4. The maximum atomic E-state index is 13.4. The van der Waals surface area contributed by atoms with Crippen molar-refractivity contribution in [2.45, 2.75) is 53.0 Å². The van der Waals surface area contributed by atoms with E-state index in [9.17, 15) is 9.59 Å². The molecule has 2 aromatic heterocycles. The predicted molar refractivity (Wildman–Crippen MR) is 141 cm³/mol. The summed E-state index contributed by atoms with van der Waals surface area (Å²) in [6.07, 6.45) is 4.05. The van der Waals surface area contributed by atoms with Gasteiger partial charge in [-0.25, -0.2) is 4.68 Å². The van der Waals surface area contributed by atoms with Gasteiger partial charge < -0.3 is 4.90 Å². The highest BCUT2D eigenvalue weighted by molar-refractivity contribution is 5.93. The van der Waals surface area contributed by atoms with E-state index in [1.165, 1.54) is 4.68 Å². The Kier molecular flexibility index (Phi) is 6.83. The molecule has 2 heterocycles. The van der Waals surface area contributed by atoms with Gasteiger partial charge in [-0.3, -0.25) is 14.6 Å². The maximum Gasteiger partial charge on any atom is 0.275 e. The van der Waals surface area contributed by atoms with E-state index in [1.54, 1.807) is 17.3 Å². The van der Waals surface area contributed by atoms with Crippen LogP contribution in [0.4, 0.5) is 5.69 Å². The second-order valence-corrected chi connectivity index (χ2v) is 9.93. The minimum absolute atomic E-state index is 0.0692. The lowest BCUT2D eigenvalue weighted by Gasteiger charge is -2.22. The van der Waals surface area contributed by atoms with Gasteiger partial charge in [0.2, 0.25) is 5.91 Å². The normalized spacial score (nSPS) is 11.6. The molecule has 0 fully saturated rings. The van der Waals surface area contributed by atoms with E-state index < -0.39 is 0 Å². The zero-order valence-electron chi connectivity index (χ0n) is 21.1. The molecule has 4 rings (SSSR count). The molecule has 0 aliphatic rings. The zero-order valence-corrected chi connectivity index (χ0v) is 21.1. The molecule has 35 heavy (non-hydrogen) atoms. The zero-order chi connectivity index (χ0) is 25.2. The molecule has 0 N–H and O–H groups in total. The molecule has 6 heteroatoms. The molecule has 0 aliphatic carbocycles. The number of hydrogen-bond acceptors (Lipinski definition) is 4. The van der Waals surface area contributed by atoms with Gasteiger partial charge in [-0.05, 0) is 60.7 Å². The fourth-order valence-electron chi connectivity index (χ4n) is 4.19. The van der Waals surface area contributed by atoms with E-state index in [2.05, 4.69) is 31.8 Å². The van der Waals surface area contributed by atoms with Gasteiger partial charge in [0, 0.05) is 36.4 Å². The fraction of sp³-hybridized carbons (Fsp3) is 0.310. The second-order valence-electron chi connectivity index (χ2n) is 9.93. The molecule has 0 saturated carbocycles. The van der Waals surface area contributed by atoms with Gasteiger partial charge in [-0.2, -0.15) is 5.10 Å². The van der Waals surface area contributed by atoms with Crippen LogP contribution in [0.2, 0.25) is 0 Å². The van der Waals surface area contributed by atoms with Crippen LogP contribution in [-0.4, -0.2) is 27.2 Å². The van der Waals surface area contributed by atoms with Crippen LogP contribution in [0.1, 0.15) is 50.1 Å². The Hall–Kier alpha value is -3.80. The van der Waals surface area contributed by atoms with Crippen LogP contribution in [0.5, 0.6) is 0 Å². The van der Waals surface area contributed by atoms with Crippen molar-refractivity contribution in [2.75, 3.05) is 11.4 Å². The number of likely N-dealkylation sites (N-methyl/N-ethyl adjacent to an activating group) is 1. The Bertz CT molecular complexity index is 1400. The van der Waals surface area contributed by atoms with Gasteiger partial charge in [0.05, 0.1) is 11.1 Å². The minimum Gasteiger partial charge on any atom is -0.311 e. The van der Waals surface area contributed by atoms with Crippen molar-refractivity contribution >= 4 is 22.4 Å². The average Bonchev–Trinajstić information content (AvgIpc) is 2.83. The van der Waals surface area contributed by atoms with Crippen molar-refractivity contribution in [3.05, 3.63) is 99.7 Å². The third kappa shape index (κ3) is 5.32. The van der Waals surface area contributed by atoms with E-state index in [-0.39, 0.29) is 23.4 Å². The third-order valence-electron chi connectivity index (χ3n) is 6.25. The largest absolute Gasteiger partial charge is 0.311 e. The first kappa shape index (κ1) is 24.3. The molecular formula is C29H32N4O2. The lowest BCUT2D eigenvalue weighted by Crippen LogP contribution is -2.37. The van der Waals surface area contributed by atoms with Crippen LogP contribution in [0.15, 0.2) is 71.8 Å². The molecule has 0 radical (unpaired) electrons. The number of rotatable bonds is 6. The smallest absolute Gasteiger partial charge is 0.275 e. The number of carbonyl (C=O) groups excluding carboxylic acids is 1. The Balaban J connectivity index is 1.78. The SMILES string of the molecule is CCN(C(=O)Cn1nc(Cc2cccnc2)c2cc(C(C)(C)C)ccc2c1=O)c1ccc(C)cc1. The average molecular weight is 469 g/mol. The number of anilines is 1. The molecule has 0 aliphatic heterocycles. The first-order chi connectivity index (χ1) is 16.7. The molecule has 0 saturated heterocycles. The van der Waals surface area contributed by atoms with E-state index >= 15 is 0 Å².